The highest BCUT2D eigenvalue weighted by atomic mass is 16.5. The van der Waals surface area contributed by atoms with Crippen molar-refractivity contribution in [3.8, 4) is 17.3 Å². The van der Waals surface area contributed by atoms with Crippen molar-refractivity contribution < 1.29 is 13.0 Å². The van der Waals surface area contributed by atoms with Crippen LogP contribution in [0.25, 0.3) is 71.2 Å². The molecular weight excluding hydrogens is 751 g/mol. The van der Waals surface area contributed by atoms with Gasteiger partial charge >= 0.3 is 0 Å². The summed E-state index contributed by atoms with van der Waals surface area (Å²) < 4.78 is 65.3. The number of benzene rings is 6. The molecule has 5 aromatic heterocycles. The van der Waals surface area contributed by atoms with Gasteiger partial charge in [0.15, 0.2) is 0 Å². The highest BCUT2D eigenvalue weighted by molar-refractivity contribution is 6.25. The third-order valence-electron chi connectivity index (χ3n) is 12.3. The minimum Gasteiger partial charge on any atom is -0.457 e. The standard InChI is InChI=1S/C53H43N7O/c1-53(2,3)33-23-26-55-49(27-33)60-47-29-36(21-22-39(47)40-24-25-54-31-48(40)60)61-35-14-12-13-34(28-35)58-32-59(46-20-11-10-19-45(46)58)52-50-41(37-15-6-8-17-43(37)56(50)4)30-42-38-16-7-9-18-44(38)57(5)51(42)52/h6-31H,32H2,1-5H3/i4D3,5D3. The molecule has 1 aliphatic heterocycles. The van der Waals surface area contributed by atoms with Crippen LogP contribution in [0.2, 0.25) is 0 Å². The van der Waals surface area contributed by atoms with Crippen LogP contribution in [0, 0.1) is 0 Å². The Hall–Kier alpha value is -7.58. The van der Waals surface area contributed by atoms with E-state index in [1.165, 1.54) is 14.7 Å². The van der Waals surface area contributed by atoms with Crippen LogP contribution < -0.4 is 14.5 Å². The number of pyridine rings is 2. The van der Waals surface area contributed by atoms with E-state index in [0.717, 1.165) is 66.2 Å². The van der Waals surface area contributed by atoms with Crippen LogP contribution in [0.15, 0.2) is 158 Å². The van der Waals surface area contributed by atoms with Crippen LogP contribution in [0.4, 0.5) is 22.7 Å². The summed E-state index contributed by atoms with van der Waals surface area (Å²) in [7, 11) is 0. The molecule has 0 atom stereocenters. The van der Waals surface area contributed by atoms with Gasteiger partial charge in [0, 0.05) is 95.7 Å². The Kier molecular flexibility index (Phi) is 6.29. The van der Waals surface area contributed by atoms with Crippen molar-refractivity contribution in [1.29, 1.82) is 0 Å². The maximum absolute atomic E-state index is 8.94. The van der Waals surface area contributed by atoms with Crippen molar-refractivity contribution in [3.63, 3.8) is 0 Å². The Morgan fingerprint density at radius 3 is 1.93 bits per heavy atom. The molecule has 1 aliphatic rings. The number of rotatable bonds is 5. The molecule has 8 heteroatoms. The first-order chi connectivity index (χ1) is 32.1. The highest BCUT2D eigenvalue weighted by Gasteiger charge is 2.33. The first kappa shape index (κ1) is 29.6. The predicted molar refractivity (Wildman–Crippen MR) is 252 cm³/mol. The van der Waals surface area contributed by atoms with Crippen LogP contribution in [0.3, 0.4) is 0 Å². The van der Waals surface area contributed by atoms with E-state index in [9.17, 15) is 0 Å². The van der Waals surface area contributed by atoms with Gasteiger partial charge in [-0.15, -0.1) is 0 Å². The molecule has 0 amide bonds. The predicted octanol–water partition coefficient (Wildman–Crippen LogP) is 13.2. The molecule has 6 heterocycles. The number of aromatic nitrogens is 5. The Balaban J connectivity index is 1.01. The average Bonchev–Trinajstić information content (AvgIpc) is 4.05. The summed E-state index contributed by atoms with van der Waals surface area (Å²) in [6.45, 7) is 1.61. The number of para-hydroxylation sites is 4. The first-order valence-corrected chi connectivity index (χ1v) is 20.4. The lowest BCUT2D eigenvalue weighted by atomic mass is 9.88. The second-order valence-electron chi connectivity index (χ2n) is 16.9. The summed E-state index contributed by atoms with van der Waals surface area (Å²) in [5, 5.41) is 5.08. The SMILES string of the molecule is [2H]C([2H])([2H])n1c2ccccc2c2cc3c4ccccc4n(C([2H])([2H])[2H])c3c(N3CN(c4cccc(Oc5ccc6c7ccncc7n(-c7cc(C(C)(C)C)ccn7)c6c5)c4)c4ccccc43)c21. The lowest BCUT2D eigenvalue weighted by Crippen LogP contribution is -2.25. The van der Waals surface area contributed by atoms with Gasteiger partial charge in [-0.1, -0.05) is 75.4 Å². The summed E-state index contributed by atoms with van der Waals surface area (Å²) in [6, 6.07) is 45.1. The third kappa shape index (κ3) is 5.24. The number of fused-ring (bicyclic) bond motifs is 10. The fourth-order valence-corrected chi connectivity index (χ4v) is 9.44. The Morgan fingerprint density at radius 1 is 0.557 bits per heavy atom. The van der Waals surface area contributed by atoms with E-state index in [-0.39, 0.29) is 12.1 Å². The number of hydrogen-bond acceptors (Lipinski definition) is 5. The zero-order chi connectivity index (χ0) is 46.1. The lowest BCUT2D eigenvalue weighted by Gasteiger charge is -2.25. The van der Waals surface area contributed by atoms with Crippen LogP contribution in [0.1, 0.15) is 34.6 Å². The van der Waals surface area contributed by atoms with Gasteiger partial charge < -0.3 is 23.7 Å². The van der Waals surface area contributed by atoms with Gasteiger partial charge in [0.2, 0.25) is 0 Å². The summed E-state index contributed by atoms with van der Waals surface area (Å²) in [6.07, 6.45) is 5.54. The van der Waals surface area contributed by atoms with Gasteiger partial charge in [-0.3, -0.25) is 9.55 Å². The smallest absolute Gasteiger partial charge is 0.137 e. The molecule has 61 heavy (non-hydrogen) atoms. The van der Waals surface area contributed by atoms with Gasteiger partial charge in [0.25, 0.3) is 0 Å². The second-order valence-corrected chi connectivity index (χ2v) is 16.9. The van der Waals surface area contributed by atoms with Crippen molar-refractivity contribution in [2.75, 3.05) is 16.5 Å². The van der Waals surface area contributed by atoms with E-state index >= 15 is 0 Å². The van der Waals surface area contributed by atoms with E-state index in [2.05, 4.69) is 58.3 Å². The Morgan fingerprint density at radius 2 is 1.21 bits per heavy atom. The maximum atomic E-state index is 8.94. The highest BCUT2D eigenvalue weighted by Crippen LogP contribution is 2.51. The van der Waals surface area contributed by atoms with Crippen molar-refractivity contribution in [2.45, 2.75) is 26.2 Å². The summed E-state index contributed by atoms with van der Waals surface area (Å²) in [4.78, 5) is 13.5. The van der Waals surface area contributed by atoms with E-state index in [1.54, 1.807) is 0 Å². The monoisotopic (exact) mass is 799 g/mol. The molecule has 0 N–H and O–H groups in total. The van der Waals surface area contributed by atoms with E-state index in [1.807, 2.05) is 140 Å². The maximum Gasteiger partial charge on any atom is 0.137 e. The second kappa shape index (κ2) is 13.0. The van der Waals surface area contributed by atoms with E-state index < -0.39 is 14.0 Å². The van der Waals surface area contributed by atoms with Crippen molar-refractivity contribution in [2.24, 2.45) is 14.0 Å². The van der Waals surface area contributed by atoms with Crippen LogP contribution >= 0.6 is 0 Å². The molecule has 0 saturated heterocycles. The largest absolute Gasteiger partial charge is 0.457 e. The van der Waals surface area contributed by atoms with E-state index in [4.69, 9.17) is 17.9 Å². The molecule has 0 aliphatic carbocycles. The van der Waals surface area contributed by atoms with Crippen molar-refractivity contribution in [1.82, 2.24) is 23.7 Å². The molecule has 0 unspecified atom stereocenters. The molecule has 296 valence electrons. The minimum absolute atomic E-state index is 0.0735. The van der Waals surface area contributed by atoms with Gasteiger partial charge in [0.1, 0.15) is 24.0 Å². The Bertz CT molecular complexity index is 3710. The van der Waals surface area contributed by atoms with Crippen molar-refractivity contribution in [3.05, 3.63) is 164 Å². The number of anilines is 4. The zero-order valence-corrected chi connectivity index (χ0v) is 33.8. The summed E-state index contributed by atoms with van der Waals surface area (Å²) in [5.41, 5.74) is 7.89. The van der Waals surface area contributed by atoms with Gasteiger partial charge in [-0.25, -0.2) is 4.98 Å². The van der Waals surface area contributed by atoms with E-state index in [0.29, 0.717) is 39.3 Å². The minimum atomic E-state index is -2.60. The van der Waals surface area contributed by atoms with Crippen LogP contribution in [-0.4, -0.2) is 30.3 Å². The van der Waals surface area contributed by atoms with Gasteiger partial charge in [0.05, 0.1) is 45.3 Å². The molecule has 0 saturated carbocycles. The average molecular weight is 800 g/mol. The molecular formula is C53H43N7O. The molecule has 12 rings (SSSR count). The molecule has 0 radical (unpaired) electrons. The first-order valence-electron chi connectivity index (χ1n) is 23.4. The summed E-state index contributed by atoms with van der Waals surface area (Å²) >= 11 is 0. The zero-order valence-electron chi connectivity index (χ0n) is 39.8. The molecule has 11 aromatic rings. The number of ether oxygens (including phenoxy) is 1. The summed E-state index contributed by atoms with van der Waals surface area (Å²) in [5.74, 6) is 2.05. The number of nitrogens with zero attached hydrogens (tertiary/aromatic N) is 7. The molecule has 0 bridgehead atoms. The van der Waals surface area contributed by atoms with Gasteiger partial charge in [-0.05, 0) is 83.8 Å². The number of aryl methyl sites for hydroxylation is 2. The molecule has 8 nitrogen and oxygen atoms in total. The molecule has 0 fully saturated rings. The quantitative estimate of drug-likeness (QED) is 0.174. The number of hydrogen-bond donors (Lipinski definition) is 0. The molecule has 6 aromatic carbocycles. The van der Waals surface area contributed by atoms with Crippen LogP contribution in [0.5, 0.6) is 11.5 Å². The topological polar surface area (TPSA) is 56.3 Å². The molecule has 0 spiro atoms. The third-order valence-corrected chi connectivity index (χ3v) is 12.3. The van der Waals surface area contributed by atoms with Gasteiger partial charge in [-0.2, -0.15) is 0 Å². The fraction of sp³-hybridized carbons (Fsp3) is 0.132. The Labute approximate surface area is 361 Å². The van der Waals surface area contributed by atoms with Crippen LogP contribution in [-0.2, 0) is 19.4 Å². The fourth-order valence-electron chi connectivity index (χ4n) is 9.44. The normalized spacial score (nSPS) is 15.1. The lowest BCUT2D eigenvalue weighted by molar-refractivity contribution is 0.483. The van der Waals surface area contributed by atoms with Crippen molar-refractivity contribution >= 4 is 88.2 Å².